The van der Waals surface area contributed by atoms with E-state index < -0.39 is 21.5 Å². The summed E-state index contributed by atoms with van der Waals surface area (Å²) < 4.78 is 36.7. The van der Waals surface area contributed by atoms with Crippen LogP contribution in [0, 0.1) is 0 Å². The van der Waals surface area contributed by atoms with Crippen LogP contribution >= 0.6 is 0 Å². The molecule has 7 nitrogen and oxygen atoms in total. The van der Waals surface area contributed by atoms with Gasteiger partial charge in [0.25, 0.3) is 0 Å². The van der Waals surface area contributed by atoms with Gasteiger partial charge in [-0.05, 0) is 32.9 Å². The maximum Gasteiger partial charge on any atom is 0.241 e. The van der Waals surface area contributed by atoms with Crippen molar-refractivity contribution >= 4 is 15.9 Å². The molecule has 0 saturated heterocycles. The summed E-state index contributed by atoms with van der Waals surface area (Å²) in [6, 6.07) is 4.29. The predicted molar refractivity (Wildman–Crippen MR) is 75.6 cm³/mol. The normalized spacial score (nSPS) is 14.0. The molecule has 1 aliphatic rings. The zero-order valence-corrected chi connectivity index (χ0v) is 12.9. The Kier molecular flexibility index (Phi) is 4.11. The highest BCUT2D eigenvalue weighted by atomic mass is 32.2. The third-order valence-corrected chi connectivity index (χ3v) is 3.99. The van der Waals surface area contributed by atoms with Crippen molar-refractivity contribution in [2.75, 3.05) is 13.3 Å². The fourth-order valence-corrected chi connectivity index (χ4v) is 2.75. The van der Waals surface area contributed by atoms with Crippen LogP contribution in [-0.4, -0.2) is 33.2 Å². The van der Waals surface area contributed by atoms with Gasteiger partial charge in [0.15, 0.2) is 11.5 Å². The number of hydrogen-bond acceptors (Lipinski definition) is 5. The highest BCUT2D eigenvalue weighted by Crippen LogP contribution is 2.33. The first-order chi connectivity index (χ1) is 9.67. The van der Waals surface area contributed by atoms with Crippen LogP contribution in [0.2, 0.25) is 0 Å². The highest BCUT2D eigenvalue weighted by molar-refractivity contribution is 7.89. The molecule has 0 aliphatic carbocycles. The smallest absolute Gasteiger partial charge is 0.241 e. The van der Waals surface area contributed by atoms with Crippen molar-refractivity contribution in [2.45, 2.75) is 31.2 Å². The molecule has 0 radical (unpaired) electrons. The quantitative estimate of drug-likeness (QED) is 0.849. The molecule has 2 N–H and O–H groups in total. The van der Waals surface area contributed by atoms with E-state index in [1.165, 1.54) is 18.2 Å². The lowest BCUT2D eigenvalue weighted by atomic mass is 10.1. The zero-order valence-electron chi connectivity index (χ0n) is 12.1. The number of nitrogens with one attached hydrogen (secondary N) is 2. The molecule has 1 aliphatic heterocycles. The SMILES string of the molecule is CC(C)(C)NC(=O)CNS(=O)(=O)c1ccc2c(c1)OCO2. The second kappa shape index (κ2) is 5.53. The molecule has 0 aromatic heterocycles. The molecule has 8 heteroatoms. The van der Waals surface area contributed by atoms with Gasteiger partial charge >= 0.3 is 0 Å². The minimum Gasteiger partial charge on any atom is -0.454 e. The Hall–Kier alpha value is -1.80. The van der Waals surface area contributed by atoms with Crippen molar-refractivity contribution in [3.8, 4) is 11.5 Å². The van der Waals surface area contributed by atoms with E-state index in [0.29, 0.717) is 11.5 Å². The molecule has 1 aromatic carbocycles. The average Bonchev–Trinajstić information content (AvgIpc) is 2.81. The summed E-state index contributed by atoms with van der Waals surface area (Å²) in [6.45, 7) is 5.19. The summed E-state index contributed by atoms with van der Waals surface area (Å²) >= 11 is 0. The molecule has 0 bridgehead atoms. The number of ether oxygens (including phenoxy) is 2. The lowest BCUT2D eigenvalue weighted by Crippen LogP contribution is -2.45. The molecule has 2 rings (SSSR count). The van der Waals surface area contributed by atoms with Crippen molar-refractivity contribution in [2.24, 2.45) is 0 Å². The van der Waals surface area contributed by atoms with Gasteiger partial charge in [-0.25, -0.2) is 13.1 Å². The molecule has 0 atom stereocenters. The standard InChI is InChI=1S/C13H18N2O5S/c1-13(2,3)15-12(16)7-14-21(17,18)9-4-5-10-11(6-9)20-8-19-10/h4-6,14H,7-8H2,1-3H3,(H,15,16). The van der Waals surface area contributed by atoms with E-state index in [0.717, 1.165) is 0 Å². The summed E-state index contributed by atoms with van der Waals surface area (Å²) in [5.74, 6) is 0.475. The molecule has 0 spiro atoms. The molecule has 0 fully saturated rings. The number of fused-ring (bicyclic) bond motifs is 1. The molecule has 0 unspecified atom stereocenters. The number of carbonyl (C=O) groups excluding carboxylic acids is 1. The van der Waals surface area contributed by atoms with E-state index >= 15 is 0 Å². The average molecular weight is 314 g/mol. The lowest BCUT2D eigenvalue weighted by Gasteiger charge is -2.20. The van der Waals surface area contributed by atoms with E-state index in [4.69, 9.17) is 9.47 Å². The van der Waals surface area contributed by atoms with Crippen molar-refractivity contribution < 1.29 is 22.7 Å². The second-order valence-electron chi connectivity index (χ2n) is 5.64. The first kappa shape index (κ1) is 15.6. The van der Waals surface area contributed by atoms with Gasteiger partial charge in [0.2, 0.25) is 22.7 Å². The van der Waals surface area contributed by atoms with Crippen molar-refractivity contribution in [1.29, 1.82) is 0 Å². The number of rotatable bonds is 4. The minimum atomic E-state index is -3.78. The number of sulfonamides is 1. The van der Waals surface area contributed by atoms with Gasteiger partial charge in [-0.3, -0.25) is 4.79 Å². The first-order valence-electron chi connectivity index (χ1n) is 6.38. The highest BCUT2D eigenvalue weighted by Gasteiger charge is 2.21. The lowest BCUT2D eigenvalue weighted by molar-refractivity contribution is -0.121. The van der Waals surface area contributed by atoms with Gasteiger partial charge in [0.1, 0.15) is 0 Å². The summed E-state index contributed by atoms with van der Waals surface area (Å²) in [4.78, 5) is 11.7. The fraction of sp³-hybridized carbons (Fsp3) is 0.462. The van der Waals surface area contributed by atoms with E-state index in [1.807, 2.05) is 20.8 Å². The van der Waals surface area contributed by atoms with Crippen LogP contribution in [-0.2, 0) is 14.8 Å². The van der Waals surface area contributed by atoms with E-state index in [2.05, 4.69) is 10.0 Å². The number of carbonyl (C=O) groups is 1. The molecule has 116 valence electrons. The van der Waals surface area contributed by atoms with Gasteiger partial charge < -0.3 is 14.8 Å². The van der Waals surface area contributed by atoms with Crippen LogP contribution in [0.5, 0.6) is 11.5 Å². The summed E-state index contributed by atoms with van der Waals surface area (Å²) in [7, 11) is -3.78. The van der Waals surface area contributed by atoms with Crippen LogP contribution in [0.1, 0.15) is 20.8 Å². The molecular formula is C13H18N2O5S. The number of benzene rings is 1. The Bertz CT molecular complexity index is 649. The monoisotopic (exact) mass is 314 g/mol. The second-order valence-corrected chi connectivity index (χ2v) is 7.40. The molecule has 1 aromatic rings. The predicted octanol–water partition coefficient (Wildman–Crippen LogP) is 0.608. The van der Waals surface area contributed by atoms with Crippen molar-refractivity contribution in [1.82, 2.24) is 10.0 Å². The minimum absolute atomic E-state index is 0.0234. The molecule has 21 heavy (non-hydrogen) atoms. The summed E-state index contributed by atoms with van der Waals surface area (Å²) in [5.41, 5.74) is -0.415. The van der Waals surface area contributed by atoms with Crippen LogP contribution in [0.15, 0.2) is 23.1 Å². The summed E-state index contributed by atoms with van der Waals surface area (Å²) in [6.07, 6.45) is 0. The molecular weight excluding hydrogens is 296 g/mol. The van der Waals surface area contributed by atoms with Gasteiger partial charge in [-0.1, -0.05) is 0 Å². The Morgan fingerprint density at radius 2 is 1.90 bits per heavy atom. The van der Waals surface area contributed by atoms with Gasteiger partial charge in [0, 0.05) is 11.6 Å². The number of amides is 1. The van der Waals surface area contributed by atoms with Crippen LogP contribution in [0.25, 0.3) is 0 Å². The Morgan fingerprint density at radius 3 is 2.57 bits per heavy atom. The Labute approximate surface area is 123 Å². The fourth-order valence-electron chi connectivity index (χ4n) is 1.75. The van der Waals surface area contributed by atoms with E-state index in [9.17, 15) is 13.2 Å². The summed E-state index contributed by atoms with van der Waals surface area (Å²) in [5, 5.41) is 2.67. The maximum absolute atomic E-state index is 12.1. The van der Waals surface area contributed by atoms with Crippen LogP contribution < -0.4 is 19.5 Å². The first-order valence-corrected chi connectivity index (χ1v) is 7.86. The molecule has 0 saturated carbocycles. The molecule has 1 heterocycles. The Balaban J connectivity index is 2.04. The molecule has 1 amide bonds. The third-order valence-electron chi connectivity index (χ3n) is 2.59. The van der Waals surface area contributed by atoms with Gasteiger partial charge in [-0.2, -0.15) is 0 Å². The number of hydrogen-bond donors (Lipinski definition) is 2. The third kappa shape index (κ3) is 4.08. The van der Waals surface area contributed by atoms with Crippen molar-refractivity contribution in [3.63, 3.8) is 0 Å². The van der Waals surface area contributed by atoms with Crippen LogP contribution in [0.4, 0.5) is 0 Å². The Morgan fingerprint density at radius 1 is 1.24 bits per heavy atom. The van der Waals surface area contributed by atoms with Crippen LogP contribution in [0.3, 0.4) is 0 Å². The zero-order chi connectivity index (χ0) is 15.7. The van der Waals surface area contributed by atoms with E-state index in [1.54, 1.807) is 0 Å². The van der Waals surface area contributed by atoms with Gasteiger partial charge in [0.05, 0.1) is 11.4 Å². The van der Waals surface area contributed by atoms with E-state index in [-0.39, 0.29) is 18.2 Å². The topological polar surface area (TPSA) is 93.7 Å². The van der Waals surface area contributed by atoms with Crippen molar-refractivity contribution in [3.05, 3.63) is 18.2 Å². The largest absolute Gasteiger partial charge is 0.454 e. The maximum atomic E-state index is 12.1. The van der Waals surface area contributed by atoms with Gasteiger partial charge in [-0.15, -0.1) is 0 Å².